The molecule has 1 atom stereocenters. The molecule has 18 heavy (non-hydrogen) atoms. The number of para-hydroxylation sites is 1. The molecule has 0 amide bonds. The van der Waals surface area contributed by atoms with Gasteiger partial charge < -0.3 is 10.5 Å². The van der Waals surface area contributed by atoms with Crippen molar-refractivity contribution in [1.82, 2.24) is 0 Å². The molecule has 2 N–H and O–H groups in total. The van der Waals surface area contributed by atoms with Crippen LogP contribution in [0.5, 0.6) is 11.5 Å². The summed E-state index contributed by atoms with van der Waals surface area (Å²) in [6.07, 6.45) is -2.56. The maximum atomic E-state index is 12.4. The molecule has 0 bridgehead atoms. The molecule has 0 saturated carbocycles. The lowest BCUT2D eigenvalue weighted by atomic mass is 10.1. The molecule has 2 rings (SSSR count). The highest BCUT2D eigenvalue weighted by Gasteiger charge is 2.17. The Labute approximate surface area is 104 Å². The van der Waals surface area contributed by atoms with E-state index in [2.05, 4.69) is 0 Å². The van der Waals surface area contributed by atoms with E-state index in [0.717, 1.165) is 0 Å². The summed E-state index contributed by atoms with van der Waals surface area (Å²) < 4.78 is 30.4. The number of nitrogens with two attached hydrogens (primary N) is 1. The summed E-state index contributed by atoms with van der Waals surface area (Å²) in [4.78, 5) is 0. The summed E-state index contributed by atoms with van der Waals surface area (Å²) in [7, 11) is 0. The second kappa shape index (κ2) is 5.60. The molecule has 2 aromatic rings. The molecule has 2 nitrogen and oxygen atoms in total. The summed E-state index contributed by atoms with van der Waals surface area (Å²) in [5, 5.41) is 0. The normalized spacial score (nSPS) is 12.4. The second-order valence-corrected chi connectivity index (χ2v) is 3.84. The average molecular weight is 249 g/mol. The maximum Gasteiger partial charge on any atom is 0.257 e. The number of alkyl halides is 2. The van der Waals surface area contributed by atoms with Crippen molar-refractivity contribution in [3.63, 3.8) is 0 Å². The molecule has 0 saturated heterocycles. The zero-order valence-electron chi connectivity index (χ0n) is 9.59. The molecule has 0 spiro atoms. The monoisotopic (exact) mass is 249 g/mol. The standard InChI is InChI=1S/C14H13F2NO/c15-14(16)13(17)10-6-8-12(9-7-10)18-11-4-2-1-3-5-11/h1-9,13-14H,17H2. The Hall–Kier alpha value is -1.94. The smallest absolute Gasteiger partial charge is 0.257 e. The number of benzene rings is 2. The van der Waals surface area contributed by atoms with Crippen molar-refractivity contribution in [3.05, 3.63) is 60.2 Å². The Bertz CT molecular complexity index is 485. The van der Waals surface area contributed by atoms with E-state index in [-0.39, 0.29) is 0 Å². The van der Waals surface area contributed by atoms with Gasteiger partial charge in [0.25, 0.3) is 6.43 Å². The quantitative estimate of drug-likeness (QED) is 0.895. The van der Waals surface area contributed by atoms with Crippen LogP contribution in [-0.4, -0.2) is 6.43 Å². The molecule has 0 fully saturated rings. The largest absolute Gasteiger partial charge is 0.457 e. The van der Waals surface area contributed by atoms with Crippen LogP contribution in [0.25, 0.3) is 0 Å². The van der Waals surface area contributed by atoms with Crippen molar-refractivity contribution in [2.75, 3.05) is 0 Å². The Kier molecular flexibility index (Phi) is 3.89. The molecule has 0 radical (unpaired) electrons. The minimum Gasteiger partial charge on any atom is -0.457 e. The summed E-state index contributed by atoms with van der Waals surface area (Å²) in [5.41, 5.74) is 5.74. The molecule has 0 aliphatic rings. The lowest BCUT2D eigenvalue weighted by Gasteiger charge is -2.11. The van der Waals surface area contributed by atoms with Crippen molar-refractivity contribution in [2.45, 2.75) is 12.5 Å². The van der Waals surface area contributed by atoms with Crippen LogP contribution in [-0.2, 0) is 0 Å². The molecule has 0 heterocycles. The van der Waals surface area contributed by atoms with Gasteiger partial charge in [-0.2, -0.15) is 0 Å². The third-order valence-electron chi connectivity index (χ3n) is 2.52. The van der Waals surface area contributed by atoms with E-state index in [9.17, 15) is 8.78 Å². The van der Waals surface area contributed by atoms with Gasteiger partial charge in [0.15, 0.2) is 0 Å². The number of hydrogen-bond acceptors (Lipinski definition) is 2. The van der Waals surface area contributed by atoms with Crippen molar-refractivity contribution >= 4 is 0 Å². The predicted octanol–water partition coefficient (Wildman–Crippen LogP) is 3.74. The minimum absolute atomic E-state index is 0.394. The number of ether oxygens (including phenoxy) is 1. The number of halogens is 2. The Morgan fingerprint density at radius 1 is 0.833 bits per heavy atom. The van der Waals surface area contributed by atoms with Gasteiger partial charge in [0.05, 0.1) is 6.04 Å². The summed E-state index contributed by atoms with van der Waals surface area (Å²) >= 11 is 0. The molecular formula is C14H13F2NO. The van der Waals surface area contributed by atoms with E-state index in [0.29, 0.717) is 17.1 Å². The average Bonchev–Trinajstić information content (AvgIpc) is 2.40. The van der Waals surface area contributed by atoms with Gasteiger partial charge in [-0.25, -0.2) is 8.78 Å². The molecule has 94 valence electrons. The number of rotatable bonds is 4. The predicted molar refractivity (Wildman–Crippen MR) is 65.9 cm³/mol. The van der Waals surface area contributed by atoms with Crippen LogP contribution in [0.2, 0.25) is 0 Å². The van der Waals surface area contributed by atoms with Crippen LogP contribution in [0.4, 0.5) is 8.78 Å². The Morgan fingerprint density at radius 2 is 1.39 bits per heavy atom. The van der Waals surface area contributed by atoms with Crippen molar-refractivity contribution in [3.8, 4) is 11.5 Å². The zero-order chi connectivity index (χ0) is 13.0. The van der Waals surface area contributed by atoms with Crippen LogP contribution in [0.15, 0.2) is 54.6 Å². The first-order chi connectivity index (χ1) is 8.66. The Balaban J connectivity index is 2.09. The SMILES string of the molecule is NC(c1ccc(Oc2ccccc2)cc1)C(F)F. The second-order valence-electron chi connectivity index (χ2n) is 3.84. The van der Waals surface area contributed by atoms with Gasteiger partial charge in [-0.05, 0) is 29.8 Å². The van der Waals surface area contributed by atoms with E-state index < -0.39 is 12.5 Å². The molecule has 2 aromatic carbocycles. The van der Waals surface area contributed by atoms with Crippen LogP contribution in [0.3, 0.4) is 0 Å². The van der Waals surface area contributed by atoms with Gasteiger partial charge in [0, 0.05) is 0 Å². The highest BCUT2D eigenvalue weighted by Crippen LogP contribution is 2.24. The van der Waals surface area contributed by atoms with Crippen molar-refractivity contribution in [2.24, 2.45) is 5.73 Å². The zero-order valence-corrected chi connectivity index (χ0v) is 9.59. The van der Waals surface area contributed by atoms with Crippen LogP contribution in [0.1, 0.15) is 11.6 Å². The first-order valence-electron chi connectivity index (χ1n) is 5.53. The molecule has 0 aromatic heterocycles. The molecular weight excluding hydrogens is 236 g/mol. The van der Waals surface area contributed by atoms with Gasteiger partial charge in [-0.1, -0.05) is 30.3 Å². The van der Waals surface area contributed by atoms with Gasteiger partial charge in [-0.3, -0.25) is 0 Å². The fourth-order valence-electron chi connectivity index (χ4n) is 1.53. The van der Waals surface area contributed by atoms with Crippen molar-refractivity contribution < 1.29 is 13.5 Å². The van der Waals surface area contributed by atoms with Gasteiger partial charge in [-0.15, -0.1) is 0 Å². The van der Waals surface area contributed by atoms with E-state index in [1.807, 2.05) is 30.3 Å². The van der Waals surface area contributed by atoms with Crippen LogP contribution >= 0.6 is 0 Å². The van der Waals surface area contributed by atoms with E-state index in [4.69, 9.17) is 10.5 Å². The Morgan fingerprint density at radius 3 is 1.94 bits per heavy atom. The van der Waals surface area contributed by atoms with E-state index >= 15 is 0 Å². The van der Waals surface area contributed by atoms with Crippen molar-refractivity contribution in [1.29, 1.82) is 0 Å². The summed E-state index contributed by atoms with van der Waals surface area (Å²) in [5.74, 6) is 1.29. The molecule has 1 unspecified atom stereocenters. The van der Waals surface area contributed by atoms with Gasteiger partial charge >= 0.3 is 0 Å². The van der Waals surface area contributed by atoms with Crippen LogP contribution in [0, 0.1) is 0 Å². The summed E-state index contributed by atoms with van der Waals surface area (Å²) in [6.45, 7) is 0. The summed E-state index contributed by atoms with van der Waals surface area (Å²) in [6, 6.07) is 14.3. The van der Waals surface area contributed by atoms with Gasteiger partial charge in [0.2, 0.25) is 0 Å². The first-order valence-corrected chi connectivity index (χ1v) is 5.53. The maximum absolute atomic E-state index is 12.4. The first kappa shape index (κ1) is 12.5. The van der Waals surface area contributed by atoms with E-state index in [1.165, 1.54) is 0 Å². The fourth-order valence-corrected chi connectivity index (χ4v) is 1.53. The number of hydrogen-bond donors (Lipinski definition) is 1. The lowest BCUT2D eigenvalue weighted by molar-refractivity contribution is 0.116. The van der Waals surface area contributed by atoms with E-state index in [1.54, 1.807) is 24.3 Å². The fraction of sp³-hybridized carbons (Fsp3) is 0.143. The topological polar surface area (TPSA) is 35.2 Å². The third kappa shape index (κ3) is 3.05. The van der Waals surface area contributed by atoms with Crippen LogP contribution < -0.4 is 10.5 Å². The molecule has 0 aliphatic heterocycles. The minimum atomic E-state index is -2.56. The lowest BCUT2D eigenvalue weighted by Crippen LogP contribution is -2.18. The molecule has 0 aliphatic carbocycles. The third-order valence-corrected chi connectivity index (χ3v) is 2.52. The van der Waals surface area contributed by atoms with Gasteiger partial charge in [0.1, 0.15) is 11.5 Å². The molecule has 4 heteroatoms. The highest BCUT2D eigenvalue weighted by atomic mass is 19.3. The highest BCUT2D eigenvalue weighted by molar-refractivity contribution is 5.33.